The second kappa shape index (κ2) is 9.93. The van der Waals surface area contributed by atoms with E-state index in [0.717, 1.165) is 5.56 Å². The van der Waals surface area contributed by atoms with Crippen LogP contribution in [0, 0.1) is 13.8 Å². The third-order valence-corrected chi connectivity index (χ3v) is 6.49. The summed E-state index contributed by atoms with van der Waals surface area (Å²) >= 11 is 6.06. The molecule has 0 fully saturated rings. The smallest absolute Gasteiger partial charge is 0.262 e. The Hall–Kier alpha value is -3.23. The summed E-state index contributed by atoms with van der Waals surface area (Å²) in [6.45, 7) is 3.28. The maximum Gasteiger partial charge on any atom is 0.262 e. The van der Waals surface area contributed by atoms with Crippen LogP contribution in [0.5, 0.6) is 11.5 Å². The third-order valence-electron chi connectivity index (χ3n) is 4.70. The van der Waals surface area contributed by atoms with E-state index in [4.69, 9.17) is 21.1 Å². The van der Waals surface area contributed by atoms with Gasteiger partial charge in [-0.15, -0.1) is 0 Å². The highest BCUT2D eigenvalue weighted by atomic mass is 35.5. The molecule has 0 aliphatic heterocycles. The minimum absolute atomic E-state index is 0.0807. The number of carbonyl (C=O) groups is 1. The average Bonchev–Trinajstić information content (AvgIpc) is 2.76. The van der Waals surface area contributed by atoms with Crippen LogP contribution in [0.3, 0.4) is 0 Å². The summed E-state index contributed by atoms with van der Waals surface area (Å²) in [4.78, 5) is 12.3. The van der Waals surface area contributed by atoms with Crippen molar-refractivity contribution in [2.75, 3.05) is 23.8 Å². The van der Waals surface area contributed by atoms with Gasteiger partial charge in [-0.1, -0.05) is 17.7 Å². The van der Waals surface area contributed by atoms with Crippen molar-refractivity contribution in [1.29, 1.82) is 0 Å². The fourth-order valence-corrected chi connectivity index (χ4v) is 4.21. The van der Waals surface area contributed by atoms with Crippen molar-refractivity contribution in [2.45, 2.75) is 18.7 Å². The fraction of sp³-hybridized carbons (Fsp3) is 0.174. The van der Waals surface area contributed by atoms with E-state index in [9.17, 15) is 13.2 Å². The molecule has 9 heteroatoms. The molecule has 3 aromatic rings. The monoisotopic (exact) mass is 474 g/mol. The molecule has 0 bridgehead atoms. The van der Waals surface area contributed by atoms with Gasteiger partial charge < -0.3 is 14.8 Å². The van der Waals surface area contributed by atoms with Crippen LogP contribution in [0.25, 0.3) is 0 Å². The number of anilines is 2. The molecule has 1 amide bonds. The second-order valence-electron chi connectivity index (χ2n) is 7.01. The topological polar surface area (TPSA) is 93.7 Å². The number of methoxy groups -OCH3 is 1. The summed E-state index contributed by atoms with van der Waals surface area (Å²) in [5, 5.41) is 3.30. The standard InChI is InChI=1S/C23H23ClN2O5S/c1-15-13-19(32(28,29)26-17-7-9-18(30-3)10-8-17)11-12-22(15)31-14-23(27)25-21-6-4-5-20(24)16(21)2/h4-13,26H,14H2,1-3H3,(H,25,27). The number of sulfonamides is 1. The van der Waals surface area contributed by atoms with Crippen LogP contribution in [0.4, 0.5) is 11.4 Å². The van der Waals surface area contributed by atoms with E-state index in [1.165, 1.54) is 25.3 Å². The van der Waals surface area contributed by atoms with Crippen LogP contribution in [0.15, 0.2) is 65.6 Å². The number of hydrogen-bond acceptors (Lipinski definition) is 5. The molecule has 0 unspecified atom stereocenters. The average molecular weight is 475 g/mol. The Morgan fingerprint density at radius 1 is 1.03 bits per heavy atom. The maximum absolute atomic E-state index is 12.7. The number of hydrogen-bond donors (Lipinski definition) is 2. The van der Waals surface area contributed by atoms with Gasteiger partial charge in [0.15, 0.2) is 6.61 Å². The van der Waals surface area contributed by atoms with Crippen LogP contribution < -0.4 is 19.5 Å². The molecule has 2 N–H and O–H groups in total. The number of amides is 1. The number of nitrogens with one attached hydrogen (secondary N) is 2. The van der Waals surface area contributed by atoms with Gasteiger partial charge in [0.1, 0.15) is 11.5 Å². The van der Waals surface area contributed by atoms with Gasteiger partial charge in [-0.25, -0.2) is 8.42 Å². The number of ether oxygens (including phenoxy) is 2. The molecular formula is C23H23ClN2O5S. The van der Waals surface area contributed by atoms with Crippen LogP contribution in [-0.2, 0) is 14.8 Å². The van der Waals surface area contributed by atoms with Crippen molar-refractivity contribution in [3.8, 4) is 11.5 Å². The van der Waals surface area contributed by atoms with Gasteiger partial charge in [-0.05, 0) is 79.6 Å². The minimum atomic E-state index is -3.79. The van der Waals surface area contributed by atoms with Gasteiger partial charge in [0.2, 0.25) is 0 Å². The van der Waals surface area contributed by atoms with Gasteiger partial charge in [0.05, 0.1) is 12.0 Å². The van der Waals surface area contributed by atoms with Crippen LogP contribution >= 0.6 is 11.6 Å². The molecule has 0 saturated heterocycles. The number of rotatable bonds is 8. The molecular weight excluding hydrogens is 452 g/mol. The minimum Gasteiger partial charge on any atom is -0.497 e. The van der Waals surface area contributed by atoms with E-state index in [1.807, 2.05) is 6.92 Å². The van der Waals surface area contributed by atoms with Crippen LogP contribution in [0.2, 0.25) is 5.02 Å². The Bertz CT molecular complexity index is 1230. The lowest BCUT2D eigenvalue weighted by Gasteiger charge is -2.13. The van der Waals surface area contributed by atoms with Crippen molar-refractivity contribution in [3.05, 3.63) is 76.8 Å². The molecule has 32 heavy (non-hydrogen) atoms. The van der Waals surface area contributed by atoms with Gasteiger partial charge in [-0.2, -0.15) is 0 Å². The first-order valence-corrected chi connectivity index (χ1v) is 11.5. The summed E-state index contributed by atoms with van der Waals surface area (Å²) in [6.07, 6.45) is 0. The highest BCUT2D eigenvalue weighted by Crippen LogP contribution is 2.25. The Morgan fingerprint density at radius 2 is 1.75 bits per heavy atom. The molecule has 3 rings (SSSR count). The normalized spacial score (nSPS) is 11.0. The highest BCUT2D eigenvalue weighted by molar-refractivity contribution is 7.92. The molecule has 0 spiro atoms. The molecule has 7 nitrogen and oxygen atoms in total. The van der Waals surface area contributed by atoms with E-state index < -0.39 is 10.0 Å². The molecule has 0 aromatic heterocycles. The molecule has 3 aromatic carbocycles. The number of carbonyl (C=O) groups excluding carboxylic acids is 1. The summed E-state index contributed by atoms with van der Waals surface area (Å²) in [7, 11) is -2.26. The molecule has 0 heterocycles. The van der Waals surface area contributed by atoms with Crippen molar-refractivity contribution < 1.29 is 22.7 Å². The van der Waals surface area contributed by atoms with Gasteiger partial charge in [0.25, 0.3) is 15.9 Å². The molecule has 0 aliphatic rings. The number of benzene rings is 3. The molecule has 0 aliphatic carbocycles. The van der Waals surface area contributed by atoms with E-state index in [2.05, 4.69) is 10.0 Å². The first-order chi connectivity index (χ1) is 15.2. The van der Waals surface area contributed by atoms with Gasteiger partial charge in [0, 0.05) is 16.4 Å². The van der Waals surface area contributed by atoms with E-state index >= 15 is 0 Å². The van der Waals surface area contributed by atoms with Crippen LogP contribution in [0.1, 0.15) is 11.1 Å². The zero-order valence-electron chi connectivity index (χ0n) is 17.8. The van der Waals surface area contributed by atoms with E-state index in [-0.39, 0.29) is 17.4 Å². The first kappa shape index (κ1) is 23.4. The van der Waals surface area contributed by atoms with Crippen molar-refractivity contribution in [1.82, 2.24) is 0 Å². The second-order valence-corrected chi connectivity index (χ2v) is 9.10. The summed E-state index contributed by atoms with van der Waals surface area (Å²) in [5.74, 6) is 0.679. The maximum atomic E-state index is 12.7. The SMILES string of the molecule is COc1ccc(NS(=O)(=O)c2ccc(OCC(=O)Nc3cccc(Cl)c3C)c(C)c2)cc1. The molecule has 168 valence electrons. The summed E-state index contributed by atoms with van der Waals surface area (Å²) in [6, 6.07) is 16.2. The molecule has 0 atom stereocenters. The largest absolute Gasteiger partial charge is 0.497 e. The quantitative estimate of drug-likeness (QED) is 0.490. The lowest BCUT2D eigenvalue weighted by molar-refractivity contribution is -0.118. The molecule has 0 radical (unpaired) electrons. The highest BCUT2D eigenvalue weighted by Gasteiger charge is 2.16. The number of aryl methyl sites for hydroxylation is 1. The van der Waals surface area contributed by atoms with Crippen molar-refractivity contribution in [2.24, 2.45) is 0 Å². The van der Waals surface area contributed by atoms with Gasteiger partial charge in [-0.3, -0.25) is 9.52 Å². The Kier molecular flexibility index (Phi) is 7.27. The molecule has 0 saturated carbocycles. The van der Waals surface area contributed by atoms with Crippen molar-refractivity contribution in [3.63, 3.8) is 0 Å². The Morgan fingerprint density at radius 3 is 2.41 bits per heavy atom. The predicted octanol–water partition coefficient (Wildman–Crippen LogP) is 4.78. The fourth-order valence-electron chi connectivity index (χ4n) is 2.90. The lowest BCUT2D eigenvalue weighted by Crippen LogP contribution is -2.21. The van der Waals surface area contributed by atoms with Gasteiger partial charge >= 0.3 is 0 Å². The summed E-state index contributed by atoms with van der Waals surface area (Å²) < 4.78 is 38.6. The lowest BCUT2D eigenvalue weighted by atomic mass is 10.2. The van der Waals surface area contributed by atoms with Crippen LogP contribution in [-0.4, -0.2) is 28.0 Å². The Labute approximate surface area is 192 Å². The number of halogens is 1. The Balaban J connectivity index is 1.65. The predicted molar refractivity (Wildman–Crippen MR) is 125 cm³/mol. The first-order valence-electron chi connectivity index (χ1n) is 9.65. The summed E-state index contributed by atoms with van der Waals surface area (Å²) in [5.41, 5.74) is 2.36. The van der Waals surface area contributed by atoms with E-state index in [0.29, 0.717) is 33.5 Å². The van der Waals surface area contributed by atoms with E-state index in [1.54, 1.807) is 49.4 Å². The third kappa shape index (κ3) is 5.72. The van der Waals surface area contributed by atoms with Crippen molar-refractivity contribution >= 4 is 38.9 Å². The zero-order valence-corrected chi connectivity index (χ0v) is 19.4. The zero-order chi connectivity index (χ0) is 23.3.